The summed E-state index contributed by atoms with van der Waals surface area (Å²) in [4.78, 5) is 2.60. The summed E-state index contributed by atoms with van der Waals surface area (Å²) in [6.45, 7) is 7.25. The van der Waals surface area contributed by atoms with E-state index in [1.807, 2.05) is 11.8 Å². The van der Waals surface area contributed by atoms with E-state index in [0.29, 0.717) is 11.5 Å². The van der Waals surface area contributed by atoms with Crippen LogP contribution < -0.4 is 5.32 Å². The number of hydrogen-bond donors (Lipinski definition) is 1. The van der Waals surface area contributed by atoms with Crippen LogP contribution in [0.4, 0.5) is 0 Å². The van der Waals surface area contributed by atoms with Crippen molar-refractivity contribution < 1.29 is 0 Å². The maximum atomic E-state index is 3.46. The molecule has 0 aromatic carbocycles. The third-order valence-electron chi connectivity index (χ3n) is 4.81. The van der Waals surface area contributed by atoms with Gasteiger partial charge >= 0.3 is 0 Å². The van der Waals surface area contributed by atoms with Crippen molar-refractivity contribution in [2.75, 3.05) is 39.2 Å². The van der Waals surface area contributed by atoms with E-state index >= 15 is 0 Å². The van der Waals surface area contributed by atoms with Gasteiger partial charge in [-0.05, 0) is 63.6 Å². The van der Waals surface area contributed by atoms with Gasteiger partial charge in [0.25, 0.3) is 0 Å². The highest BCUT2D eigenvalue weighted by molar-refractivity contribution is 7.98. The minimum absolute atomic E-state index is 0.509. The molecular formula is C16H34N2S. The Morgan fingerprint density at radius 1 is 1.47 bits per heavy atom. The summed E-state index contributed by atoms with van der Waals surface area (Å²) in [5.74, 6) is 2.18. The van der Waals surface area contributed by atoms with Crippen LogP contribution in [-0.4, -0.2) is 50.1 Å². The van der Waals surface area contributed by atoms with Gasteiger partial charge in [-0.15, -0.1) is 0 Å². The van der Waals surface area contributed by atoms with E-state index in [0.717, 1.165) is 5.92 Å². The first-order valence-electron chi connectivity index (χ1n) is 7.87. The summed E-state index contributed by atoms with van der Waals surface area (Å²) < 4.78 is 0. The molecule has 0 heterocycles. The van der Waals surface area contributed by atoms with Crippen molar-refractivity contribution in [1.82, 2.24) is 10.2 Å². The number of hydrogen-bond acceptors (Lipinski definition) is 3. The molecule has 1 aliphatic rings. The number of nitrogens with zero attached hydrogens (tertiary/aromatic N) is 1. The fourth-order valence-electron chi connectivity index (χ4n) is 3.70. The Labute approximate surface area is 125 Å². The zero-order valence-corrected chi connectivity index (χ0v) is 14.5. The molecule has 1 saturated carbocycles. The van der Waals surface area contributed by atoms with Gasteiger partial charge in [0, 0.05) is 19.1 Å². The monoisotopic (exact) mass is 286 g/mol. The Morgan fingerprint density at radius 3 is 2.79 bits per heavy atom. The highest BCUT2D eigenvalue weighted by Crippen LogP contribution is 2.39. The van der Waals surface area contributed by atoms with Gasteiger partial charge in [-0.3, -0.25) is 0 Å². The predicted octanol–water partition coefficient (Wildman–Crippen LogP) is 3.48. The molecular weight excluding hydrogens is 252 g/mol. The van der Waals surface area contributed by atoms with Gasteiger partial charge in [-0.25, -0.2) is 0 Å². The first kappa shape index (κ1) is 17.3. The molecule has 3 unspecified atom stereocenters. The molecule has 0 saturated heterocycles. The molecule has 1 fully saturated rings. The SMILES string of the molecule is CNCC1(CN(C)C(C)CCSC)CCCC(C)C1. The topological polar surface area (TPSA) is 15.3 Å². The van der Waals surface area contributed by atoms with Crippen LogP contribution in [0, 0.1) is 11.3 Å². The van der Waals surface area contributed by atoms with Gasteiger partial charge in [0.15, 0.2) is 0 Å². The maximum Gasteiger partial charge on any atom is 0.00719 e. The molecule has 19 heavy (non-hydrogen) atoms. The summed E-state index contributed by atoms with van der Waals surface area (Å²) in [6.07, 6.45) is 9.15. The quantitative estimate of drug-likeness (QED) is 0.735. The summed E-state index contributed by atoms with van der Waals surface area (Å²) in [6, 6.07) is 0.707. The second kappa shape index (κ2) is 8.53. The van der Waals surface area contributed by atoms with E-state index in [9.17, 15) is 0 Å². The zero-order valence-electron chi connectivity index (χ0n) is 13.7. The Bertz CT molecular complexity index is 243. The van der Waals surface area contributed by atoms with Crippen LogP contribution in [-0.2, 0) is 0 Å². The van der Waals surface area contributed by atoms with Crippen molar-refractivity contribution in [3.63, 3.8) is 0 Å². The third kappa shape index (κ3) is 5.65. The highest BCUT2D eigenvalue weighted by atomic mass is 32.2. The van der Waals surface area contributed by atoms with Crippen LogP contribution in [0.3, 0.4) is 0 Å². The second-order valence-corrected chi connectivity index (χ2v) is 7.76. The third-order valence-corrected chi connectivity index (χ3v) is 5.46. The molecule has 3 heteroatoms. The maximum absolute atomic E-state index is 3.46. The lowest BCUT2D eigenvalue weighted by molar-refractivity contribution is 0.0771. The fraction of sp³-hybridized carbons (Fsp3) is 1.00. The molecule has 0 amide bonds. The summed E-state index contributed by atoms with van der Waals surface area (Å²) in [5.41, 5.74) is 0.509. The minimum atomic E-state index is 0.509. The van der Waals surface area contributed by atoms with Gasteiger partial charge < -0.3 is 10.2 Å². The average Bonchev–Trinajstić information content (AvgIpc) is 2.35. The molecule has 0 aromatic heterocycles. The van der Waals surface area contributed by atoms with Crippen LogP contribution >= 0.6 is 11.8 Å². The Hall–Kier alpha value is 0.270. The lowest BCUT2D eigenvalue weighted by Crippen LogP contribution is -2.47. The van der Waals surface area contributed by atoms with Crippen molar-refractivity contribution >= 4 is 11.8 Å². The molecule has 0 radical (unpaired) electrons. The summed E-state index contributed by atoms with van der Waals surface area (Å²) >= 11 is 1.96. The molecule has 114 valence electrons. The molecule has 0 aliphatic heterocycles. The van der Waals surface area contributed by atoms with Crippen molar-refractivity contribution in [2.45, 2.75) is 52.0 Å². The Morgan fingerprint density at radius 2 is 2.21 bits per heavy atom. The van der Waals surface area contributed by atoms with Crippen molar-refractivity contribution in [1.29, 1.82) is 0 Å². The number of nitrogens with one attached hydrogen (secondary N) is 1. The fourth-order valence-corrected chi connectivity index (χ4v) is 4.27. The lowest BCUT2D eigenvalue weighted by atomic mass is 9.69. The molecule has 0 aromatic rings. The van der Waals surface area contributed by atoms with E-state index in [1.165, 1.54) is 50.9 Å². The summed E-state index contributed by atoms with van der Waals surface area (Å²) in [7, 11) is 4.43. The molecule has 3 atom stereocenters. The van der Waals surface area contributed by atoms with Crippen LogP contribution in [0.25, 0.3) is 0 Å². The van der Waals surface area contributed by atoms with Crippen molar-refractivity contribution in [3.8, 4) is 0 Å². The van der Waals surface area contributed by atoms with E-state index < -0.39 is 0 Å². The first-order chi connectivity index (χ1) is 9.03. The standard InChI is InChI=1S/C16H34N2S/c1-14-7-6-9-16(11-14,12-17-3)13-18(4)15(2)8-10-19-5/h14-15,17H,6-13H2,1-5H3. The number of thioether (sulfide) groups is 1. The number of rotatable bonds is 8. The van der Waals surface area contributed by atoms with Gasteiger partial charge in [0.2, 0.25) is 0 Å². The second-order valence-electron chi connectivity index (χ2n) is 6.78. The molecule has 1 aliphatic carbocycles. The molecule has 0 spiro atoms. The average molecular weight is 287 g/mol. The first-order valence-corrected chi connectivity index (χ1v) is 9.26. The highest BCUT2D eigenvalue weighted by Gasteiger charge is 2.35. The van der Waals surface area contributed by atoms with Crippen LogP contribution in [0.5, 0.6) is 0 Å². The Kier molecular flexibility index (Phi) is 7.78. The molecule has 0 bridgehead atoms. The zero-order chi connectivity index (χ0) is 14.3. The van der Waals surface area contributed by atoms with Crippen LogP contribution in [0.2, 0.25) is 0 Å². The van der Waals surface area contributed by atoms with Gasteiger partial charge in [0.05, 0.1) is 0 Å². The lowest BCUT2D eigenvalue weighted by Gasteiger charge is -2.44. The normalized spacial score (nSPS) is 29.7. The minimum Gasteiger partial charge on any atom is -0.319 e. The van der Waals surface area contributed by atoms with E-state index in [1.54, 1.807) is 0 Å². The van der Waals surface area contributed by atoms with E-state index in [4.69, 9.17) is 0 Å². The molecule has 1 rings (SSSR count). The van der Waals surface area contributed by atoms with Crippen LogP contribution in [0.15, 0.2) is 0 Å². The van der Waals surface area contributed by atoms with Crippen molar-refractivity contribution in [2.24, 2.45) is 11.3 Å². The Balaban J connectivity index is 2.56. The largest absolute Gasteiger partial charge is 0.319 e. The van der Waals surface area contributed by atoms with E-state index in [-0.39, 0.29) is 0 Å². The van der Waals surface area contributed by atoms with Crippen molar-refractivity contribution in [3.05, 3.63) is 0 Å². The predicted molar refractivity (Wildman–Crippen MR) is 89.1 cm³/mol. The molecule has 1 N–H and O–H groups in total. The van der Waals surface area contributed by atoms with Gasteiger partial charge in [0.1, 0.15) is 0 Å². The van der Waals surface area contributed by atoms with Crippen LogP contribution in [0.1, 0.15) is 46.0 Å². The van der Waals surface area contributed by atoms with Gasteiger partial charge in [-0.1, -0.05) is 19.8 Å². The van der Waals surface area contributed by atoms with E-state index in [2.05, 4.69) is 44.4 Å². The smallest absolute Gasteiger partial charge is 0.00719 e. The van der Waals surface area contributed by atoms with Gasteiger partial charge in [-0.2, -0.15) is 11.8 Å². The molecule has 2 nitrogen and oxygen atoms in total. The summed E-state index contributed by atoms with van der Waals surface area (Å²) in [5, 5.41) is 3.46.